The van der Waals surface area contributed by atoms with Crippen LogP contribution >= 0.6 is 0 Å². The average Bonchev–Trinajstić information content (AvgIpc) is 3.32. The first-order valence-electron chi connectivity index (χ1n) is 11.9. The van der Waals surface area contributed by atoms with Crippen molar-refractivity contribution in [3.63, 3.8) is 0 Å². The lowest BCUT2D eigenvalue weighted by Crippen LogP contribution is -2.59. The fourth-order valence-electron chi connectivity index (χ4n) is 6.77. The largest absolute Gasteiger partial charge is 0.481 e. The molecule has 5 atom stereocenters. The van der Waals surface area contributed by atoms with Gasteiger partial charge in [0.2, 0.25) is 0 Å². The van der Waals surface area contributed by atoms with Gasteiger partial charge in [-0.05, 0) is 73.3 Å². The Bertz CT molecular complexity index is 1060. The van der Waals surface area contributed by atoms with Crippen molar-refractivity contribution < 1.29 is 29.3 Å². The van der Waals surface area contributed by atoms with Crippen molar-refractivity contribution in [3.05, 3.63) is 58.7 Å². The van der Waals surface area contributed by atoms with Crippen molar-refractivity contribution in [2.75, 3.05) is 6.61 Å². The van der Waals surface area contributed by atoms with Crippen LogP contribution in [0.15, 0.2) is 53.1 Å². The molecule has 1 saturated heterocycles. The SMILES string of the molecule is CC(C)C1=C2[C@H]3C[C@H]4OC(O)(C=C4COC(=O)c4ccccc4)[C@]3(C)CC[C@@]2(C(=O)O)CC1. The fraction of sp³-hybridized carbons (Fsp3) is 0.556. The third-order valence-electron chi connectivity index (χ3n) is 8.74. The third-order valence-corrected chi connectivity index (χ3v) is 8.74. The van der Waals surface area contributed by atoms with E-state index in [-0.39, 0.29) is 18.4 Å². The molecule has 6 nitrogen and oxygen atoms in total. The van der Waals surface area contributed by atoms with E-state index in [1.807, 2.05) is 13.0 Å². The number of esters is 1. The molecule has 0 aromatic heterocycles. The van der Waals surface area contributed by atoms with E-state index in [1.165, 1.54) is 5.57 Å². The number of allylic oxidation sites excluding steroid dienone is 1. The lowest BCUT2D eigenvalue weighted by molar-refractivity contribution is -0.288. The van der Waals surface area contributed by atoms with E-state index < -0.39 is 34.7 Å². The van der Waals surface area contributed by atoms with Crippen LogP contribution < -0.4 is 0 Å². The molecule has 1 saturated carbocycles. The zero-order valence-electron chi connectivity index (χ0n) is 19.5. The molecule has 1 aromatic carbocycles. The Morgan fingerprint density at radius 2 is 1.91 bits per heavy atom. The summed E-state index contributed by atoms with van der Waals surface area (Å²) in [7, 11) is 0. The van der Waals surface area contributed by atoms with E-state index in [4.69, 9.17) is 9.47 Å². The molecule has 0 radical (unpaired) electrons. The molecule has 1 unspecified atom stereocenters. The average molecular weight is 453 g/mol. The molecule has 2 aliphatic heterocycles. The molecule has 0 spiro atoms. The maximum atomic E-state index is 12.5. The highest BCUT2D eigenvalue weighted by molar-refractivity contribution is 5.89. The molecule has 2 N–H and O–H groups in total. The van der Waals surface area contributed by atoms with Crippen LogP contribution in [0.5, 0.6) is 0 Å². The quantitative estimate of drug-likeness (QED) is 0.505. The Morgan fingerprint density at radius 1 is 1.18 bits per heavy atom. The highest BCUT2D eigenvalue weighted by atomic mass is 16.6. The number of benzene rings is 1. The van der Waals surface area contributed by atoms with E-state index in [0.717, 1.165) is 17.6 Å². The molecule has 4 aliphatic rings. The van der Waals surface area contributed by atoms with Gasteiger partial charge in [-0.1, -0.05) is 44.5 Å². The summed E-state index contributed by atoms with van der Waals surface area (Å²) >= 11 is 0. The first kappa shape index (κ1) is 22.4. The molecule has 5 rings (SSSR count). The number of aliphatic hydroxyl groups is 1. The first-order chi connectivity index (χ1) is 15.6. The van der Waals surface area contributed by atoms with Crippen LogP contribution in [-0.4, -0.2) is 40.6 Å². The van der Waals surface area contributed by atoms with Gasteiger partial charge in [-0.2, -0.15) is 0 Å². The minimum Gasteiger partial charge on any atom is -0.481 e. The maximum absolute atomic E-state index is 12.5. The van der Waals surface area contributed by atoms with Crippen LogP contribution in [0.2, 0.25) is 0 Å². The Hall–Kier alpha value is -2.44. The number of aliphatic carboxylic acids is 1. The van der Waals surface area contributed by atoms with Gasteiger partial charge in [0.05, 0.1) is 17.1 Å². The minimum absolute atomic E-state index is 0.0453. The van der Waals surface area contributed by atoms with Crippen molar-refractivity contribution in [1.29, 1.82) is 0 Å². The Morgan fingerprint density at radius 3 is 2.58 bits per heavy atom. The number of carbonyl (C=O) groups is 2. The molecule has 33 heavy (non-hydrogen) atoms. The van der Waals surface area contributed by atoms with Gasteiger partial charge in [0.1, 0.15) is 6.61 Å². The van der Waals surface area contributed by atoms with Crippen molar-refractivity contribution in [2.45, 2.75) is 64.8 Å². The number of rotatable bonds is 5. The summed E-state index contributed by atoms with van der Waals surface area (Å²) in [5.74, 6) is -2.50. The number of fused-ring (bicyclic) bond motifs is 6. The van der Waals surface area contributed by atoms with E-state index in [0.29, 0.717) is 31.2 Å². The van der Waals surface area contributed by atoms with Gasteiger partial charge in [-0.15, -0.1) is 0 Å². The summed E-state index contributed by atoms with van der Waals surface area (Å²) < 4.78 is 11.7. The highest BCUT2D eigenvalue weighted by Gasteiger charge is 2.67. The zero-order valence-corrected chi connectivity index (χ0v) is 19.5. The number of carboxylic acids is 1. The second kappa shape index (κ2) is 7.54. The van der Waals surface area contributed by atoms with E-state index in [1.54, 1.807) is 30.3 Å². The number of hydrogen-bond donors (Lipinski definition) is 2. The van der Waals surface area contributed by atoms with Crippen molar-refractivity contribution in [3.8, 4) is 0 Å². The zero-order chi connectivity index (χ0) is 23.6. The number of ether oxygens (including phenoxy) is 2. The van der Waals surface area contributed by atoms with Crippen molar-refractivity contribution in [2.24, 2.45) is 22.7 Å². The summed E-state index contributed by atoms with van der Waals surface area (Å²) in [6.07, 6.45) is 4.42. The van der Waals surface area contributed by atoms with Crippen LogP contribution in [0, 0.1) is 22.7 Å². The van der Waals surface area contributed by atoms with E-state index in [9.17, 15) is 19.8 Å². The molecule has 2 bridgehead atoms. The van der Waals surface area contributed by atoms with Crippen LogP contribution in [0.25, 0.3) is 0 Å². The third kappa shape index (κ3) is 3.14. The second-order valence-corrected chi connectivity index (χ2v) is 10.7. The van der Waals surface area contributed by atoms with Gasteiger partial charge >= 0.3 is 11.9 Å². The molecular formula is C27H32O6. The van der Waals surface area contributed by atoms with Gasteiger partial charge in [0.25, 0.3) is 0 Å². The van der Waals surface area contributed by atoms with Gasteiger partial charge < -0.3 is 19.7 Å². The lowest BCUT2D eigenvalue weighted by atomic mass is 9.52. The fourth-order valence-corrected chi connectivity index (χ4v) is 6.77. The maximum Gasteiger partial charge on any atom is 0.338 e. The molecule has 2 fully saturated rings. The van der Waals surface area contributed by atoms with E-state index in [2.05, 4.69) is 13.8 Å². The minimum atomic E-state index is -1.50. The summed E-state index contributed by atoms with van der Waals surface area (Å²) in [5, 5.41) is 22.0. The Labute approximate surface area is 194 Å². The predicted octanol–water partition coefficient (Wildman–Crippen LogP) is 4.49. The van der Waals surface area contributed by atoms with Crippen LogP contribution in [0.1, 0.15) is 63.2 Å². The lowest BCUT2D eigenvalue weighted by Gasteiger charge is -2.57. The van der Waals surface area contributed by atoms with Crippen LogP contribution in [0.3, 0.4) is 0 Å². The summed E-state index contributed by atoms with van der Waals surface area (Å²) in [5.41, 5.74) is 2.02. The van der Waals surface area contributed by atoms with Crippen molar-refractivity contribution >= 4 is 11.9 Å². The number of carboxylic acid groups (broad SMARTS) is 1. The Kier molecular flexibility index (Phi) is 5.11. The molecular weight excluding hydrogens is 420 g/mol. The molecule has 2 aliphatic carbocycles. The number of hydrogen-bond acceptors (Lipinski definition) is 5. The summed E-state index contributed by atoms with van der Waals surface area (Å²) in [6, 6.07) is 8.81. The topological polar surface area (TPSA) is 93.1 Å². The number of carbonyl (C=O) groups excluding carboxylic acids is 1. The molecule has 1 aromatic rings. The highest BCUT2D eigenvalue weighted by Crippen LogP contribution is 2.67. The molecule has 6 heteroatoms. The molecule has 2 heterocycles. The van der Waals surface area contributed by atoms with Crippen LogP contribution in [0.4, 0.5) is 0 Å². The standard InChI is InChI=1S/C27H32O6/c1-16(2)19-9-10-26(24(29)30)12-11-25(3)20(22(19)26)13-21-18(14-27(25,31)33-21)15-32-23(28)17-7-5-4-6-8-17/h4-8,14,16,20-21,31H,9-13,15H2,1-3H3,(H,29,30)/t20-,21-,25-,26+,27?/m1/s1. The summed E-state index contributed by atoms with van der Waals surface area (Å²) in [4.78, 5) is 25.0. The molecule has 176 valence electrons. The van der Waals surface area contributed by atoms with Crippen LogP contribution in [-0.2, 0) is 14.3 Å². The van der Waals surface area contributed by atoms with Gasteiger partial charge in [0.15, 0.2) is 5.79 Å². The predicted molar refractivity (Wildman–Crippen MR) is 121 cm³/mol. The van der Waals surface area contributed by atoms with E-state index >= 15 is 0 Å². The molecule has 0 amide bonds. The monoisotopic (exact) mass is 452 g/mol. The second-order valence-electron chi connectivity index (χ2n) is 10.7. The Balaban J connectivity index is 1.46. The van der Waals surface area contributed by atoms with Crippen molar-refractivity contribution in [1.82, 2.24) is 0 Å². The van der Waals surface area contributed by atoms with Gasteiger partial charge in [-0.25, -0.2) is 4.79 Å². The normalized spacial score (nSPS) is 36.9. The summed E-state index contributed by atoms with van der Waals surface area (Å²) in [6.45, 7) is 6.32. The first-order valence-corrected chi connectivity index (χ1v) is 11.9. The van der Waals surface area contributed by atoms with Gasteiger partial charge in [-0.3, -0.25) is 4.79 Å². The van der Waals surface area contributed by atoms with Gasteiger partial charge in [0, 0.05) is 5.41 Å². The smallest absolute Gasteiger partial charge is 0.338 e.